The molecule has 0 saturated heterocycles. The van der Waals surface area contributed by atoms with E-state index in [1.54, 1.807) is 5.32 Å². The van der Waals surface area contributed by atoms with Crippen LogP contribution in [-0.4, -0.2) is 39.7 Å². The largest absolute Gasteiger partial charge is 0.512 e. The molecule has 1 aromatic carbocycles. The molecule has 0 radical (unpaired) electrons. The molecule has 2 amide bonds. The third-order valence-electron chi connectivity index (χ3n) is 2.95. The molecule has 0 aliphatic carbocycles. The van der Waals surface area contributed by atoms with Crippen molar-refractivity contribution in [2.45, 2.75) is 12.6 Å². The summed E-state index contributed by atoms with van der Waals surface area (Å²) >= 11 is 0.986. The number of hydrogen-bond acceptors (Lipinski definition) is 5. The number of thioether (sulfide) groups is 1. The Morgan fingerprint density at radius 1 is 1.24 bits per heavy atom. The van der Waals surface area contributed by atoms with Crippen LogP contribution in [0.15, 0.2) is 41.1 Å². The first-order valence-electron chi connectivity index (χ1n) is 6.80. The lowest BCUT2D eigenvalue weighted by atomic mass is 10.1. The van der Waals surface area contributed by atoms with Crippen molar-refractivity contribution in [3.63, 3.8) is 0 Å². The van der Waals surface area contributed by atoms with Crippen molar-refractivity contribution >= 4 is 40.1 Å². The molecule has 0 spiro atoms. The van der Waals surface area contributed by atoms with Gasteiger partial charge in [-0.05, 0) is 24.3 Å². The quantitative estimate of drug-likeness (QED) is 0.793. The van der Waals surface area contributed by atoms with E-state index in [0.717, 1.165) is 17.8 Å². The molecule has 0 bridgehead atoms. The number of hydrogen-bond donors (Lipinski definition) is 2. The van der Waals surface area contributed by atoms with E-state index in [9.17, 15) is 32.7 Å². The number of Topliss-reactive ketones (excluding diaryl/α,β-unsaturated/α-hetero) is 1. The van der Waals surface area contributed by atoms with Crippen LogP contribution in [0.1, 0.15) is 16.8 Å². The monoisotopic (exact) mass is 372 g/mol. The Labute approximate surface area is 143 Å². The predicted octanol–water partition coefficient (Wildman–Crippen LogP) is 2.87. The van der Waals surface area contributed by atoms with E-state index in [-0.39, 0.29) is 35.0 Å². The van der Waals surface area contributed by atoms with Gasteiger partial charge in [0.05, 0.1) is 17.2 Å². The summed E-state index contributed by atoms with van der Waals surface area (Å²) in [4.78, 5) is 37.7. The lowest BCUT2D eigenvalue weighted by Crippen LogP contribution is -2.29. The van der Waals surface area contributed by atoms with Gasteiger partial charge < -0.3 is 10.4 Å². The van der Waals surface area contributed by atoms with Gasteiger partial charge in [-0.2, -0.15) is 13.2 Å². The van der Waals surface area contributed by atoms with E-state index in [1.165, 1.54) is 24.3 Å². The number of allylic oxidation sites excluding steroid dienone is 1. The van der Waals surface area contributed by atoms with Crippen molar-refractivity contribution in [3.8, 4) is 0 Å². The number of amides is 2. The topological polar surface area (TPSA) is 95.8 Å². The Kier molecular flexibility index (Phi) is 5.62. The molecule has 1 aliphatic rings. The Hall–Kier alpha value is -2.62. The number of dihydropyridines is 1. The highest BCUT2D eigenvalue weighted by Crippen LogP contribution is 2.20. The van der Waals surface area contributed by atoms with Gasteiger partial charge in [0.1, 0.15) is 5.76 Å². The predicted molar refractivity (Wildman–Crippen MR) is 85.7 cm³/mol. The Morgan fingerprint density at radius 2 is 1.88 bits per heavy atom. The molecule has 0 unspecified atom stereocenters. The second kappa shape index (κ2) is 7.51. The second-order valence-corrected chi connectivity index (χ2v) is 5.95. The summed E-state index contributed by atoms with van der Waals surface area (Å²) in [6.45, 7) is 0. The molecule has 6 nitrogen and oxygen atoms in total. The number of carbonyl (C=O) groups is 3. The molecule has 1 heterocycles. The van der Waals surface area contributed by atoms with Crippen LogP contribution in [0, 0.1) is 0 Å². The minimum absolute atomic E-state index is 0.0616. The zero-order valence-corrected chi connectivity index (χ0v) is 13.3. The van der Waals surface area contributed by atoms with E-state index >= 15 is 0 Å². The van der Waals surface area contributed by atoms with Crippen LogP contribution >= 0.6 is 11.8 Å². The fraction of sp³-hybridized carbons (Fsp3) is 0.200. The first kappa shape index (κ1) is 18.7. The maximum atomic E-state index is 12.1. The molecule has 10 heteroatoms. The van der Waals surface area contributed by atoms with Gasteiger partial charge in [-0.25, -0.2) is 4.99 Å². The molecule has 25 heavy (non-hydrogen) atoms. The SMILES string of the molecule is O=C1C=C(O)CC(SCC(=O)c2ccc(NC(=O)C(F)(F)F)cc2)=N1. The van der Waals surface area contributed by atoms with Crippen molar-refractivity contribution in [2.24, 2.45) is 4.99 Å². The Morgan fingerprint density at radius 3 is 2.44 bits per heavy atom. The first-order valence-corrected chi connectivity index (χ1v) is 7.79. The molecule has 0 aromatic heterocycles. The number of nitrogens with zero attached hydrogens (tertiary/aromatic N) is 1. The molecule has 0 fully saturated rings. The van der Waals surface area contributed by atoms with Crippen LogP contribution in [-0.2, 0) is 9.59 Å². The lowest BCUT2D eigenvalue weighted by Gasteiger charge is -2.09. The smallest absolute Gasteiger partial charge is 0.471 e. The number of benzene rings is 1. The van der Waals surface area contributed by atoms with Crippen molar-refractivity contribution in [2.75, 3.05) is 11.1 Å². The van der Waals surface area contributed by atoms with Gasteiger partial charge in [0.25, 0.3) is 5.91 Å². The van der Waals surface area contributed by atoms with Gasteiger partial charge >= 0.3 is 12.1 Å². The zero-order valence-electron chi connectivity index (χ0n) is 12.5. The molecular weight excluding hydrogens is 361 g/mol. The summed E-state index contributed by atoms with van der Waals surface area (Å²) < 4.78 is 36.4. The van der Waals surface area contributed by atoms with Crippen LogP contribution < -0.4 is 5.32 Å². The summed E-state index contributed by atoms with van der Waals surface area (Å²) in [5.41, 5.74) is 0.129. The van der Waals surface area contributed by atoms with E-state index in [2.05, 4.69) is 4.99 Å². The van der Waals surface area contributed by atoms with Crippen LogP contribution in [0.4, 0.5) is 18.9 Å². The summed E-state index contributed by atoms with van der Waals surface area (Å²) in [6.07, 6.45) is -3.95. The highest BCUT2D eigenvalue weighted by atomic mass is 32.2. The number of aliphatic hydroxyl groups excluding tert-OH is 1. The lowest BCUT2D eigenvalue weighted by molar-refractivity contribution is -0.167. The number of halogens is 3. The minimum Gasteiger partial charge on any atom is -0.512 e. The van der Waals surface area contributed by atoms with Gasteiger partial charge in [0.2, 0.25) is 0 Å². The van der Waals surface area contributed by atoms with Crippen LogP contribution in [0.5, 0.6) is 0 Å². The minimum atomic E-state index is -5.00. The Balaban J connectivity index is 1.92. The third kappa shape index (κ3) is 5.45. The molecule has 0 saturated carbocycles. The number of aliphatic imine (C=N–C) groups is 1. The number of alkyl halides is 3. The fourth-order valence-electron chi connectivity index (χ4n) is 1.80. The van der Waals surface area contributed by atoms with Crippen LogP contribution in [0.25, 0.3) is 0 Å². The second-order valence-electron chi connectivity index (χ2n) is 4.90. The van der Waals surface area contributed by atoms with Gasteiger partial charge in [-0.15, -0.1) is 11.8 Å². The summed E-state index contributed by atoms with van der Waals surface area (Å²) in [6, 6.07) is 4.91. The van der Waals surface area contributed by atoms with Gasteiger partial charge in [-0.3, -0.25) is 14.4 Å². The van der Waals surface area contributed by atoms with Gasteiger partial charge in [-0.1, -0.05) is 0 Å². The zero-order chi connectivity index (χ0) is 18.6. The standard InChI is InChI=1S/C15H11F3N2O4S/c16-15(17,18)14(24)19-9-3-1-8(2-4-9)11(22)7-25-13-6-10(21)5-12(23)20-13/h1-5,21H,6-7H2,(H,19,24). The summed E-state index contributed by atoms with van der Waals surface area (Å²) in [5.74, 6) is -3.26. The van der Waals surface area contributed by atoms with Crippen molar-refractivity contribution in [1.82, 2.24) is 0 Å². The molecule has 2 N–H and O–H groups in total. The van der Waals surface area contributed by atoms with Gasteiger partial charge in [0.15, 0.2) is 5.78 Å². The van der Waals surface area contributed by atoms with E-state index in [0.29, 0.717) is 5.04 Å². The summed E-state index contributed by atoms with van der Waals surface area (Å²) in [7, 11) is 0. The normalized spacial score (nSPS) is 14.6. The van der Waals surface area contributed by atoms with Crippen molar-refractivity contribution in [3.05, 3.63) is 41.7 Å². The molecule has 1 aromatic rings. The number of aliphatic hydroxyl groups is 1. The summed E-state index contributed by atoms with van der Waals surface area (Å²) in [5, 5.41) is 11.3. The van der Waals surface area contributed by atoms with E-state index < -0.39 is 18.0 Å². The highest BCUT2D eigenvalue weighted by Gasteiger charge is 2.38. The third-order valence-corrected chi connectivity index (χ3v) is 3.92. The Bertz CT molecular complexity index is 770. The number of carbonyl (C=O) groups excluding carboxylic acids is 3. The first-order chi connectivity index (χ1) is 11.6. The van der Waals surface area contributed by atoms with Crippen LogP contribution in [0.3, 0.4) is 0 Å². The molecular formula is C15H11F3N2O4S. The van der Waals surface area contributed by atoms with Gasteiger partial charge in [0, 0.05) is 17.3 Å². The number of anilines is 1. The number of ketones is 1. The molecule has 2 rings (SSSR count). The molecule has 0 atom stereocenters. The number of nitrogens with one attached hydrogen (secondary N) is 1. The highest BCUT2D eigenvalue weighted by molar-refractivity contribution is 8.14. The van der Waals surface area contributed by atoms with E-state index in [4.69, 9.17) is 0 Å². The van der Waals surface area contributed by atoms with E-state index in [1.807, 2.05) is 0 Å². The average Bonchev–Trinajstić information content (AvgIpc) is 2.51. The van der Waals surface area contributed by atoms with Crippen molar-refractivity contribution in [1.29, 1.82) is 0 Å². The molecule has 1 aliphatic heterocycles. The average molecular weight is 372 g/mol. The fourth-order valence-corrected chi connectivity index (χ4v) is 2.67. The molecule has 132 valence electrons. The number of rotatable bonds is 4. The maximum Gasteiger partial charge on any atom is 0.471 e. The van der Waals surface area contributed by atoms with Crippen molar-refractivity contribution < 1.29 is 32.7 Å². The maximum absolute atomic E-state index is 12.1. The van der Waals surface area contributed by atoms with Crippen LogP contribution in [0.2, 0.25) is 0 Å².